The van der Waals surface area contributed by atoms with Gasteiger partial charge in [-0.05, 0) is 55.1 Å². The Morgan fingerprint density at radius 2 is 1.91 bits per heavy atom. The largest absolute Gasteiger partial charge is 0.416 e. The van der Waals surface area contributed by atoms with Crippen LogP contribution < -0.4 is 5.32 Å². The molecule has 1 saturated heterocycles. The highest BCUT2D eigenvalue weighted by Crippen LogP contribution is 2.45. The smallest absolute Gasteiger partial charge is 0.305 e. The van der Waals surface area contributed by atoms with Gasteiger partial charge >= 0.3 is 6.18 Å². The molecule has 2 aromatic carbocycles. The zero-order valence-corrected chi connectivity index (χ0v) is 18.3. The van der Waals surface area contributed by atoms with E-state index in [9.17, 15) is 18.0 Å². The van der Waals surface area contributed by atoms with Gasteiger partial charge in [-0.25, -0.2) is 0 Å². The molecule has 3 aliphatic rings. The quantitative estimate of drug-likeness (QED) is 0.717. The van der Waals surface area contributed by atoms with Crippen LogP contribution in [0.1, 0.15) is 41.1 Å². The second-order valence-electron chi connectivity index (χ2n) is 8.68. The van der Waals surface area contributed by atoms with Gasteiger partial charge in [0, 0.05) is 17.7 Å². The van der Waals surface area contributed by atoms with Gasteiger partial charge < -0.3 is 5.32 Å². The lowest BCUT2D eigenvalue weighted by Gasteiger charge is -2.31. The molecule has 168 valence electrons. The van der Waals surface area contributed by atoms with Gasteiger partial charge in [0.05, 0.1) is 11.6 Å². The van der Waals surface area contributed by atoms with Crippen LogP contribution in [-0.2, 0) is 23.9 Å². The topological polar surface area (TPSA) is 44.7 Å². The number of thioether (sulfide) groups is 1. The lowest BCUT2D eigenvalue weighted by Crippen LogP contribution is -2.41. The van der Waals surface area contributed by atoms with Crippen molar-refractivity contribution in [2.45, 2.75) is 43.3 Å². The van der Waals surface area contributed by atoms with Gasteiger partial charge in [-0.1, -0.05) is 54.2 Å². The fourth-order valence-electron chi connectivity index (χ4n) is 4.82. The van der Waals surface area contributed by atoms with Crippen molar-refractivity contribution < 1.29 is 18.0 Å². The second-order valence-corrected chi connectivity index (χ2v) is 9.90. The summed E-state index contributed by atoms with van der Waals surface area (Å²) in [6.45, 7) is 1.84. The fourth-order valence-corrected chi connectivity index (χ4v) is 6.04. The number of fused-ring (bicyclic) bond motifs is 3. The minimum Gasteiger partial charge on any atom is -0.305 e. The molecule has 5 rings (SSSR count). The first-order chi connectivity index (χ1) is 15.4. The van der Waals surface area contributed by atoms with Gasteiger partial charge in [0.1, 0.15) is 0 Å². The lowest BCUT2D eigenvalue weighted by molar-refractivity contribution is -0.137. The molecule has 0 radical (unpaired) electrons. The maximum atomic E-state index is 12.9. The van der Waals surface area contributed by atoms with E-state index in [4.69, 9.17) is 4.99 Å². The Labute approximate surface area is 189 Å². The highest BCUT2D eigenvalue weighted by Gasteiger charge is 2.39. The summed E-state index contributed by atoms with van der Waals surface area (Å²) in [5.41, 5.74) is 2.63. The van der Waals surface area contributed by atoms with Crippen LogP contribution in [0.4, 0.5) is 13.2 Å². The molecular weight excluding hydrogens is 435 g/mol. The molecule has 1 aliphatic carbocycles. The van der Waals surface area contributed by atoms with Crippen LogP contribution in [0.25, 0.3) is 0 Å². The van der Waals surface area contributed by atoms with E-state index in [1.54, 1.807) is 17.8 Å². The molecule has 2 aliphatic heterocycles. The minimum atomic E-state index is -4.33. The minimum absolute atomic E-state index is 0.00299. The fraction of sp³-hybridized carbons (Fsp3) is 0.417. The van der Waals surface area contributed by atoms with E-state index in [1.807, 2.05) is 6.07 Å². The number of benzene rings is 2. The molecule has 1 fully saturated rings. The van der Waals surface area contributed by atoms with Crippen molar-refractivity contribution >= 4 is 22.8 Å². The number of halogens is 3. The molecule has 0 aromatic heterocycles. The monoisotopic (exact) mass is 459 g/mol. The number of carbonyl (C=O) groups is 1. The number of carbonyl (C=O) groups excluding carboxylic acids is 1. The van der Waals surface area contributed by atoms with Gasteiger partial charge in [0.15, 0.2) is 5.17 Å². The van der Waals surface area contributed by atoms with Crippen molar-refractivity contribution in [3.8, 4) is 0 Å². The average Bonchev–Trinajstić information content (AvgIpc) is 3.31. The van der Waals surface area contributed by atoms with Gasteiger partial charge in [-0.2, -0.15) is 13.2 Å². The summed E-state index contributed by atoms with van der Waals surface area (Å²) in [6.07, 6.45) is -1.97. The number of likely N-dealkylation sites (tertiary alicyclic amines) is 1. The summed E-state index contributed by atoms with van der Waals surface area (Å²) in [5, 5.41) is 4.10. The molecular formula is C24H24F3N3OS. The van der Waals surface area contributed by atoms with E-state index in [0.717, 1.165) is 12.5 Å². The first kappa shape index (κ1) is 21.5. The molecule has 32 heavy (non-hydrogen) atoms. The van der Waals surface area contributed by atoms with E-state index in [2.05, 4.69) is 28.4 Å². The summed E-state index contributed by atoms with van der Waals surface area (Å²) in [5.74, 6) is -0.0907. The highest BCUT2D eigenvalue weighted by molar-refractivity contribution is 8.14. The molecule has 2 atom stereocenters. The number of hydrogen-bond donors (Lipinski definition) is 1. The average molecular weight is 460 g/mol. The van der Waals surface area contributed by atoms with E-state index >= 15 is 0 Å². The van der Waals surface area contributed by atoms with Crippen LogP contribution in [-0.4, -0.2) is 34.3 Å². The van der Waals surface area contributed by atoms with Crippen LogP contribution in [0.5, 0.6) is 0 Å². The van der Waals surface area contributed by atoms with Crippen LogP contribution in [0.3, 0.4) is 0 Å². The number of nitrogens with zero attached hydrogens (tertiary/aromatic N) is 2. The van der Waals surface area contributed by atoms with Crippen molar-refractivity contribution in [2.24, 2.45) is 10.9 Å². The summed E-state index contributed by atoms with van der Waals surface area (Å²) in [7, 11) is 0. The normalized spacial score (nSPS) is 23.5. The highest BCUT2D eigenvalue weighted by atomic mass is 32.2. The van der Waals surface area contributed by atoms with E-state index in [0.29, 0.717) is 48.5 Å². The molecule has 4 nitrogen and oxygen atoms in total. The van der Waals surface area contributed by atoms with Gasteiger partial charge in [0.2, 0.25) is 5.91 Å². The molecule has 0 bridgehead atoms. The standard InChI is InChI=1S/C24H24F3N3OS/c25-24(26,27)18-6-3-4-15(12-18)14-30-10-8-16(9-11-30)22(31)29-23-28-21-19-7-2-1-5-17(19)13-20(21)32-23/h1-7,12,16,20-21H,8-11,13-14H2,(H,28,29,31). The number of piperidine rings is 1. The second kappa shape index (κ2) is 8.56. The Bertz CT molecular complexity index is 1050. The van der Waals surface area contributed by atoms with Gasteiger partial charge in [-0.3, -0.25) is 14.7 Å². The van der Waals surface area contributed by atoms with Crippen LogP contribution in [0.2, 0.25) is 0 Å². The Hall–Kier alpha value is -2.32. The Morgan fingerprint density at radius 1 is 1.12 bits per heavy atom. The summed E-state index contributed by atoms with van der Waals surface area (Å²) < 4.78 is 38.8. The number of amides is 1. The SMILES string of the molecule is O=C(NC1=NC2c3ccccc3CC2S1)C1CCN(Cc2cccc(C(F)(F)F)c2)CC1. The van der Waals surface area contributed by atoms with Crippen LogP contribution in [0, 0.1) is 5.92 Å². The Balaban J connectivity index is 1.13. The molecule has 1 N–H and O–H groups in total. The van der Waals surface area contributed by atoms with Crippen LogP contribution in [0.15, 0.2) is 53.5 Å². The summed E-state index contributed by atoms with van der Waals surface area (Å²) in [4.78, 5) is 19.7. The van der Waals surface area contributed by atoms with Crippen molar-refractivity contribution in [1.29, 1.82) is 0 Å². The van der Waals surface area contributed by atoms with Crippen molar-refractivity contribution in [2.75, 3.05) is 13.1 Å². The zero-order valence-electron chi connectivity index (χ0n) is 17.4. The number of alkyl halides is 3. The third kappa shape index (κ3) is 4.43. The Kier molecular flexibility index (Phi) is 5.75. The molecule has 1 amide bonds. The lowest BCUT2D eigenvalue weighted by atomic mass is 9.95. The van der Waals surface area contributed by atoms with E-state index < -0.39 is 11.7 Å². The maximum Gasteiger partial charge on any atom is 0.416 e. The van der Waals surface area contributed by atoms with Crippen molar-refractivity contribution in [3.63, 3.8) is 0 Å². The third-order valence-corrected chi connectivity index (χ3v) is 7.67. The molecule has 8 heteroatoms. The molecule has 2 unspecified atom stereocenters. The number of amidine groups is 1. The predicted octanol–water partition coefficient (Wildman–Crippen LogP) is 4.80. The van der Waals surface area contributed by atoms with Gasteiger partial charge in [0.25, 0.3) is 0 Å². The summed E-state index contributed by atoms with van der Waals surface area (Å²) >= 11 is 1.65. The zero-order chi connectivity index (χ0) is 22.3. The number of rotatable bonds is 3. The summed E-state index contributed by atoms with van der Waals surface area (Å²) in [6, 6.07) is 14.0. The Morgan fingerprint density at radius 3 is 2.69 bits per heavy atom. The van der Waals surface area contributed by atoms with Crippen LogP contribution >= 0.6 is 11.8 Å². The molecule has 0 spiro atoms. The van der Waals surface area contributed by atoms with E-state index in [-0.39, 0.29) is 17.9 Å². The number of nitrogens with one attached hydrogen (secondary N) is 1. The molecule has 2 heterocycles. The first-order valence-corrected chi connectivity index (χ1v) is 11.8. The van der Waals surface area contributed by atoms with E-state index in [1.165, 1.54) is 23.3 Å². The van der Waals surface area contributed by atoms with Crippen molar-refractivity contribution in [3.05, 3.63) is 70.8 Å². The number of hydrogen-bond acceptors (Lipinski definition) is 4. The maximum absolute atomic E-state index is 12.9. The number of aliphatic imine (C=N–C) groups is 1. The molecule has 2 aromatic rings. The predicted molar refractivity (Wildman–Crippen MR) is 119 cm³/mol. The third-order valence-electron chi connectivity index (χ3n) is 6.52. The van der Waals surface area contributed by atoms with Crippen molar-refractivity contribution in [1.82, 2.24) is 10.2 Å². The first-order valence-electron chi connectivity index (χ1n) is 10.9. The molecule has 0 saturated carbocycles. The van der Waals surface area contributed by atoms with Gasteiger partial charge in [-0.15, -0.1) is 0 Å².